The summed E-state index contributed by atoms with van der Waals surface area (Å²) in [4.78, 5) is 15.5. The number of nitrogens with zero attached hydrogens (tertiary/aromatic N) is 1. The number of hydrogen-bond donors (Lipinski definition) is 3. The van der Waals surface area contributed by atoms with E-state index in [0.717, 1.165) is 18.5 Å². The Bertz CT molecular complexity index is 772. The second-order valence-corrected chi connectivity index (χ2v) is 7.58. The van der Waals surface area contributed by atoms with Crippen LogP contribution >= 0.6 is 12.2 Å². The number of nitrogens with one attached hydrogen (secondary N) is 2. The summed E-state index contributed by atoms with van der Waals surface area (Å²) in [6.45, 7) is 2.80. The second kappa shape index (κ2) is 12.1. The minimum atomic E-state index is -0.598. The lowest BCUT2D eigenvalue weighted by Crippen LogP contribution is -2.36. The van der Waals surface area contributed by atoms with Crippen molar-refractivity contribution >= 4 is 29.5 Å². The van der Waals surface area contributed by atoms with Gasteiger partial charge in [-0.25, -0.2) is 4.39 Å². The van der Waals surface area contributed by atoms with Crippen LogP contribution in [0.4, 0.5) is 4.39 Å². The summed E-state index contributed by atoms with van der Waals surface area (Å²) in [5.74, 6) is -0.00334. The Balaban J connectivity index is 1.84. The molecule has 0 bridgehead atoms. The highest BCUT2D eigenvalue weighted by molar-refractivity contribution is 7.80. The number of primary amides is 1. The quantitative estimate of drug-likeness (QED) is 0.211. The maximum Gasteiger partial charge on any atom is 0.245 e. The third kappa shape index (κ3) is 8.36. The summed E-state index contributed by atoms with van der Waals surface area (Å²) >= 11 is 5.17. The van der Waals surface area contributed by atoms with Crippen LogP contribution in [0, 0.1) is 11.8 Å². The first-order chi connectivity index (χ1) is 14.4. The molecular weight excluding hydrogens is 407 g/mol. The van der Waals surface area contributed by atoms with Gasteiger partial charge in [-0.2, -0.15) is 0 Å². The number of ether oxygens (including phenoxy) is 2. The number of rotatable bonds is 10. The van der Waals surface area contributed by atoms with E-state index in [2.05, 4.69) is 15.6 Å². The van der Waals surface area contributed by atoms with Gasteiger partial charge in [0.2, 0.25) is 5.91 Å². The molecule has 1 heterocycles. The van der Waals surface area contributed by atoms with Crippen LogP contribution < -0.4 is 16.4 Å². The lowest BCUT2D eigenvalue weighted by atomic mass is 9.87. The molecular formula is C21H29FN4O3S. The standard InChI is InChI=1S/C21H29FN4O3S/c1-14-15(7-9-24-19(14)10-18(28-2)11-20(23)27)13-29-17(12-22)4-3-8-25-21(30)26-16-5-6-16/h3-4,9-12,14-16H,5-8,13H2,1-2H3,(H2,23,27)(H2,25,26,30)/b4-3-,17-12-,18-11-,19-10+/t14-,15+/m0/s1. The number of carbonyl (C=O) groups is 1. The highest BCUT2D eigenvalue weighted by atomic mass is 32.1. The van der Waals surface area contributed by atoms with Crippen molar-refractivity contribution in [2.24, 2.45) is 22.6 Å². The van der Waals surface area contributed by atoms with E-state index >= 15 is 0 Å². The summed E-state index contributed by atoms with van der Waals surface area (Å²) in [5.41, 5.74) is 5.92. The first kappa shape index (κ1) is 23.6. The molecule has 4 N–H and O–H groups in total. The van der Waals surface area contributed by atoms with E-state index < -0.39 is 5.91 Å². The van der Waals surface area contributed by atoms with Crippen LogP contribution in [0.5, 0.6) is 0 Å². The Morgan fingerprint density at radius 2 is 2.20 bits per heavy atom. The number of halogens is 1. The van der Waals surface area contributed by atoms with Crippen molar-refractivity contribution in [1.82, 2.24) is 10.6 Å². The lowest BCUT2D eigenvalue weighted by Gasteiger charge is -2.27. The Kier molecular flexibility index (Phi) is 9.53. The minimum Gasteiger partial charge on any atom is -0.496 e. The molecule has 1 aliphatic carbocycles. The lowest BCUT2D eigenvalue weighted by molar-refractivity contribution is -0.113. The molecule has 1 aliphatic heterocycles. The van der Waals surface area contributed by atoms with Crippen molar-refractivity contribution in [2.75, 3.05) is 20.3 Å². The molecule has 164 valence electrons. The van der Waals surface area contributed by atoms with Crippen LogP contribution in [0.3, 0.4) is 0 Å². The van der Waals surface area contributed by atoms with Gasteiger partial charge in [0, 0.05) is 48.5 Å². The predicted molar refractivity (Wildman–Crippen MR) is 119 cm³/mol. The monoisotopic (exact) mass is 436 g/mol. The number of allylic oxidation sites excluding steroid dienone is 3. The average molecular weight is 437 g/mol. The van der Waals surface area contributed by atoms with Crippen LogP contribution in [0.2, 0.25) is 0 Å². The van der Waals surface area contributed by atoms with Gasteiger partial charge >= 0.3 is 0 Å². The number of thiocarbonyl (C=S) groups is 1. The van der Waals surface area contributed by atoms with Crippen molar-refractivity contribution in [3.05, 3.63) is 47.8 Å². The molecule has 2 atom stereocenters. The smallest absolute Gasteiger partial charge is 0.245 e. The van der Waals surface area contributed by atoms with E-state index in [0.29, 0.717) is 42.8 Å². The molecule has 0 spiro atoms. The van der Waals surface area contributed by atoms with Crippen molar-refractivity contribution in [3.8, 4) is 0 Å². The van der Waals surface area contributed by atoms with Gasteiger partial charge in [0.1, 0.15) is 17.8 Å². The molecule has 9 heteroatoms. The fourth-order valence-corrected chi connectivity index (χ4v) is 3.04. The molecule has 2 rings (SSSR count). The number of amides is 1. The number of aliphatic imine (C=N–C) groups is 1. The summed E-state index contributed by atoms with van der Waals surface area (Å²) in [6, 6.07) is 0.491. The van der Waals surface area contributed by atoms with Crippen molar-refractivity contribution in [3.63, 3.8) is 0 Å². The van der Waals surface area contributed by atoms with Crippen LogP contribution in [0.25, 0.3) is 0 Å². The average Bonchev–Trinajstić information content (AvgIpc) is 3.52. The van der Waals surface area contributed by atoms with E-state index in [4.69, 9.17) is 27.4 Å². The molecule has 1 saturated carbocycles. The second-order valence-electron chi connectivity index (χ2n) is 7.17. The minimum absolute atomic E-state index is 0.0267. The van der Waals surface area contributed by atoms with Crippen molar-refractivity contribution in [1.29, 1.82) is 0 Å². The predicted octanol–water partition coefficient (Wildman–Crippen LogP) is 2.62. The SMILES string of the molecule is COC(=C\C(N)=O)/C=C1/N=CC[C@H](COC(/C=C\CNC(=S)NC2CC2)=C\F)[C@@H]1C. The molecule has 0 radical (unpaired) electrons. The van der Waals surface area contributed by atoms with Crippen LogP contribution in [-0.2, 0) is 14.3 Å². The zero-order valence-corrected chi connectivity index (χ0v) is 18.1. The van der Waals surface area contributed by atoms with Crippen LogP contribution in [0.15, 0.2) is 52.8 Å². The molecule has 30 heavy (non-hydrogen) atoms. The normalized spacial score (nSPS) is 23.5. The Hall–Kier alpha value is -2.68. The van der Waals surface area contributed by atoms with Crippen LogP contribution in [0.1, 0.15) is 26.2 Å². The molecule has 2 aliphatic rings. The molecule has 0 aromatic carbocycles. The molecule has 0 aromatic heterocycles. The Morgan fingerprint density at radius 3 is 2.83 bits per heavy atom. The van der Waals surface area contributed by atoms with E-state index in [9.17, 15) is 9.18 Å². The molecule has 0 unspecified atom stereocenters. The van der Waals surface area contributed by atoms with Gasteiger partial charge in [-0.3, -0.25) is 9.79 Å². The molecule has 1 amide bonds. The van der Waals surface area contributed by atoms with Gasteiger partial charge in [0.25, 0.3) is 0 Å². The van der Waals surface area contributed by atoms with Crippen molar-refractivity contribution in [2.45, 2.75) is 32.2 Å². The fraction of sp³-hybridized carbons (Fsp3) is 0.476. The molecule has 0 saturated heterocycles. The number of nitrogens with two attached hydrogens (primary N) is 1. The first-order valence-corrected chi connectivity index (χ1v) is 10.3. The molecule has 7 nitrogen and oxygen atoms in total. The molecule has 1 fully saturated rings. The third-order valence-corrected chi connectivity index (χ3v) is 5.04. The number of carbonyl (C=O) groups excluding carboxylic acids is 1. The van der Waals surface area contributed by atoms with E-state index in [-0.39, 0.29) is 17.6 Å². The third-order valence-electron chi connectivity index (χ3n) is 4.78. The van der Waals surface area contributed by atoms with Gasteiger partial charge in [-0.15, -0.1) is 0 Å². The van der Waals surface area contributed by atoms with E-state index in [1.165, 1.54) is 13.2 Å². The van der Waals surface area contributed by atoms with Gasteiger partial charge in [-0.05, 0) is 37.6 Å². The van der Waals surface area contributed by atoms with Crippen LogP contribution in [-0.4, -0.2) is 43.5 Å². The maximum atomic E-state index is 13.2. The largest absolute Gasteiger partial charge is 0.496 e. The maximum absolute atomic E-state index is 13.2. The van der Waals surface area contributed by atoms with Crippen molar-refractivity contribution < 1.29 is 18.7 Å². The Morgan fingerprint density at radius 1 is 1.43 bits per heavy atom. The summed E-state index contributed by atoms with van der Waals surface area (Å²) in [5, 5.41) is 6.81. The summed E-state index contributed by atoms with van der Waals surface area (Å²) < 4.78 is 24.0. The van der Waals surface area contributed by atoms with Gasteiger partial charge < -0.3 is 25.8 Å². The van der Waals surface area contributed by atoms with E-state index in [1.807, 2.05) is 6.92 Å². The first-order valence-electron chi connectivity index (χ1n) is 9.86. The molecule has 0 aromatic rings. The van der Waals surface area contributed by atoms with E-state index in [1.54, 1.807) is 24.4 Å². The zero-order valence-electron chi connectivity index (χ0n) is 17.3. The Labute approximate surface area is 182 Å². The fourth-order valence-electron chi connectivity index (χ4n) is 2.79. The highest BCUT2D eigenvalue weighted by Crippen LogP contribution is 2.29. The summed E-state index contributed by atoms with van der Waals surface area (Å²) in [6.07, 6.45) is 11.4. The summed E-state index contributed by atoms with van der Waals surface area (Å²) in [7, 11) is 1.46. The number of hydrogen-bond acceptors (Lipinski definition) is 5. The topological polar surface area (TPSA) is 98.0 Å². The van der Waals surface area contributed by atoms with Gasteiger partial charge in [0.15, 0.2) is 5.11 Å². The zero-order chi connectivity index (χ0) is 21.9. The number of methoxy groups -OCH3 is 1. The highest BCUT2D eigenvalue weighted by Gasteiger charge is 2.25. The van der Waals surface area contributed by atoms with Gasteiger partial charge in [-0.1, -0.05) is 13.0 Å². The van der Waals surface area contributed by atoms with Gasteiger partial charge in [0.05, 0.1) is 13.7 Å².